The molecule has 0 aliphatic heterocycles. The van der Waals surface area contributed by atoms with Gasteiger partial charge in [0.15, 0.2) is 0 Å². The van der Waals surface area contributed by atoms with Crippen LogP contribution in [0.15, 0.2) is 0 Å². The molecule has 0 unspecified atom stereocenters. The van der Waals surface area contributed by atoms with Gasteiger partial charge in [0.05, 0.1) is 5.60 Å². The fourth-order valence-electron chi connectivity index (χ4n) is 0.451. The van der Waals surface area contributed by atoms with Gasteiger partial charge in [0.25, 0.3) is 0 Å². The zero-order valence-electron chi connectivity index (χ0n) is 7.48. The zero-order valence-corrected chi connectivity index (χ0v) is 7.48. The van der Waals surface area contributed by atoms with Gasteiger partial charge < -0.3 is 10.5 Å². The lowest BCUT2D eigenvalue weighted by Crippen LogP contribution is -2.35. The summed E-state index contributed by atoms with van der Waals surface area (Å²) in [5, 5.41) is 0. The van der Waals surface area contributed by atoms with Crippen LogP contribution in [0.3, 0.4) is 0 Å². The molecule has 0 saturated heterocycles. The molecule has 0 rings (SSSR count). The second kappa shape index (κ2) is 3.94. The lowest BCUT2D eigenvalue weighted by atomic mass is 10.1. The van der Waals surface area contributed by atoms with Crippen LogP contribution >= 0.6 is 0 Å². The fraction of sp³-hybridized carbons (Fsp3) is 1.00. The number of hydrogen-bond acceptors (Lipinski definition) is 2. The Labute approximate surface area is 63.7 Å². The van der Waals surface area contributed by atoms with Crippen molar-refractivity contribution >= 4 is 0 Å². The second-order valence-corrected chi connectivity index (χ2v) is 3.67. The molecule has 0 aliphatic rings. The average molecular weight is 145 g/mol. The van der Waals surface area contributed by atoms with Crippen molar-refractivity contribution in [3.05, 3.63) is 0 Å². The van der Waals surface area contributed by atoms with Gasteiger partial charge in [0.2, 0.25) is 0 Å². The largest absolute Gasteiger partial charge is 0.374 e. The van der Waals surface area contributed by atoms with Crippen molar-refractivity contribution in [3.8, 4) is 0 Å². The van der Waals surface area contributed by atoms with Crippen LogP contribution in [0.1, 0.15) is 27.7 Å². The minimum Gasteiger partial charge on any atom is -0.374 e. The molecule has 2 heteroatoms. The summed E-state index contributed by atoms with van der Waals surface area (Å²) in [5.41, 5.74) is 5.32. The first-order valence-electron chi connectivity index (χ1n) is 3.82. The predicted molar refractivity (Wildman–Crippen MR) is 43.9 cm³/mol. The summed E-state index contributed by atoms with van der Waals surface area (Å²) in [6, 6.07) is 0. The summed E-state index contributed by atoms with van der Waals surface area (Å²) in [7, 11) is 0. The molecule has 0 atom stereocenters. The Bertz CT molecular complexity index is 89.3. The van der Waals surface area contributed by atoms with E-state index in [4.69, 9.17) is 10.5 Å². The van der Waals surface area contributed by atoms with Crippen LogP contribution < -0.4 is 5.73 Å². The van der Waals surface area contributed by atoms with Gasteiger partial charge in [-0.05, 0) is 19.8 Å². The van der Waals surface area contributed by atoms with E-state index in [1.54, 1.807) is 0 Å². The maximum absolute atomic E-state index is 5.52. The van der Waals surface area contributed by atoms with Crippen molar-refractivity contribution in [3.63, 3.8) is 0 Å². The van der Waals surface area contributed by atoms with E-state index < -0.39 is 0 Å². The monoisotopic (exact) mass is 145 g/mol. The highest BCUT2D eigenvalue weighted by molar-refractivity contribution is 4.68. The summed E-state index contributed by atoms with van der Waals surface area (Å²) < 4.78 is 5.52. The highest BCUT2D eigenvalue weighted by Crippen LogP contribution is 2.08. The molecule has 0 aromatic heterocycles. The Hall–Kier alpha value is -0.0800. The molecule has 0 aliphatic carbocycles. The van der Waals surface area contributed by atoms with Gasteiger partial charge in [-0.15, -0.1) is 0 Å². The summed E-state index contributed by atoms with van der Waals surface area (Å²) in [5.74, 6) is 0.589. The maximum atomic E-state index is 5.52. The van der Waals surface area contributed by atoms with E-state index in [0.29, 0.717) is 12.5 Å². The lowest BCUT2D eigenvalue weighted by Gasteiger charge is -2.24. The molecule has 0 heterocycles. The number of rotatable bonds is 4. The first-order valence-corrected chi connectivity index (χ1v) is 3.82. The van der Waals surface area contributed by atoms with Crippen molar-refractivity contribution in [2.75, 3.05) is 13.2 Å². The molecule has 0 amide bonds. The molecular formula is C8H19NO. The van der Waals surface area contributed by atoms with Gasteiger partial charge in [-0.3, -0.25) is 0 Å². The van der Waals surface area contributed by atoms with E-state index in [9.17, 15) is 0 Å². The number of nitrogens with two attached hydrogens (primary N) is 1. The molecule has 0 radical (unpaired) electrons. The van der Waals surface area contributed by atoms with Crippen LogP contribution in [-0.4, -0.2) is 18.8 Å². The Morgan fingerprint density at radius 1 is 1.40 bits per heavy atom. The molecular weight excluding hydrogens is 126 g/mol. The van der Waals surface area contributed by atoms with E-state index >= 15 is 0 Å². The molecule has 0 saturated carbocycles. The molecule has 62 valence electrons. The summed E-state index contributed by atoms with van der Waals surface area (Å²) in [4.78, 5) is 0. The Morgan fingerprint density at radius 2 is 1.90 bits per heavy atom. The van der Waals surface area contributed by atoms with Crippen LogP contribution in [0.25, 0.3) is 0 Å². The van der Waals surface area contributed by atoms with Gasteiger partial charge in [0, 0.05) is 13.2 Å². The summed E-state index contributed by atoms with van der Waals surface area (Å²) in [6.45, 7) is 9.66. The molecule has 2 N–H and O–H groups in total. The van der Waals surface area contributed by atoms with E-state index in [2.05, 4.69) is 13.8 Å². The van der Waals surface area contributed by atoms with Crippen molar-refractivity contribution in [2.24, 2.45) is 11.7 Å². The minimum atomic E-state index is -0.149. The van der Waals surface area contributed by atoms with E-state index in [1.165, 1.54) is 0 Å². The van der Waals surface area contributed by atoms with Crippen LogP contribution in [0.5, 0.6) is 0 Å². The van der Waals surface area contributed by atoms with Crippen molar-refractivity contribution < 1.29 is 4.74 Å². The number of hydrogen-bond donors (Lipinski definition) is 1. The predicted octanol–water partition coefficient (Wildman–Crippen LogP) is 1.40. The van der Waals surface area contributed by atoms with Crippen molar-refractivity contribution in [1.82, 2.24) is 0 Å². The molecule has 10 heavy (non-hydrogen) atoms. The minimum absolute atomic E-state index is 0.149. The van der Waals surface area contributed by atoms with Crippen LogP contribution in [0, 0.1) is 5.92 Å². The zero-order chi connectivity index (χ0) is 8.20. The molecule has 2 nitrogen and oxygen atoms in total. The van der Waals surface area contributed by atoms with Crippen LogP contribution in [-0.2, 0) is 4.74 Å². The highest BCUT2D eigenvalue weighted by Gasteiger charge is 2.15. The van der Waals surface area contributed by atoms with Gasteiger partial charge >= 0.3 is 0 Å². The topological polar surface area (TPSA) is 35.2 Å². The molecule has 0 aromatic rings. The Kier molecular flexibility index (Phi) is 3.91. The second-order valence-electron chi connectivity index (χ2n) is 3.67. The molecule has 0 fully saturated rings. The lowest BCUT2D eigenvalue weighted by molar-refractivity contribution is -0.0236. The standard InChI is InChI=1S/C8H19NO/c1-7(2)5-10-8(3,4)6-9/h7H,5-6,9H2,1-4H3. The van der Waals surface area contributed by atoms with E-state index in [1.807, 2.05) is 13.8 Å². The van der Waals surface area contributed by atoms with Gasteiger partial charge in [-0.2, -0.15) is 0 Å². The molecule has 0 bridgehead atoms. The van der Waals surface area contributed by atoms with Crippen molar-refractivity contribution in [1.29, 1.82) is 0 Å². The van der Waals surface area contributed by atoms with Crippen LogP contribution in [0.4, 0.5) is 0 Å². The SMILES string of the molecule is CC(C)COC(C)(C)CN. The van der Waals surface area contributed by atoms with Gasteiger partial charge in [0.1, 0.15) is 0 Å². The highest BCUT2D eigenvalue weighted by atomic mass is 16.5. The Balaban J connectivity index is 3.46. The quantitative estimate of drug-likeness (QED) is 0.649. The van der Waals surface area contributed by atoms with E-state index in [0.717, 1.165) is 6.61 Å². The molecule has 0 spiro atoms. The first kappa shape index (κ1) is 9.92. The first-order chi connectivity index (χ1) is 4.48. The van der Waals surface area contributed by atoms with Crippen molar-refractivity contribution in [2.45, 2.75) is 33.3 Å². The van der Waals surface area contributed by atoms with E-state index in [-0.39, 0.29) is 5.60 Å². The van der Waals surface area contributed by atoms with Crippen LogP contribution in [0.2, 0.25) is 0 Å². The summed E-state index contributed by atoms with van der Waals surface area (Å²) >= 11 is 0. The number of ether oxygens (including phenoxy) is 1. The smallest absolute Gasteiger partial charge is 0.0748 e. The normalized spacial score (nSPS) is 12.6. The van der Waals surface area contributed by atoms with Gasteiger partial charge in [-0.25, -0.2) is 0 Å². The summed E-state index contributed by atoms with van der Waals surface area (Å²) in [6.07, 6.45) is 0. The third kappa shape index (κ3) is 4.77. The Morgan fingerprint density at radius 3 is 2.20 bits per heavy atom. The average Bonchev–Trinajstić information content (AvgIpc) is 1.85. The third-order valence-corrected chi connectivity index (χ3v) is 1.30. The maximum Gasteiger partial charge on any atom is 0.0748 e. The fourth-order valence-corrected chi connectivity index (χ4v) is 0.451. The van der Waals surface area contributed by atoms with Gasteiger partial charge in [-0.1, -0.05) is 13.8 Å². The third-order valence-electron chi connectivity index (χ3n) is 1.30. The molecule has 0 aromatic carbocycles.